The molecule has 0 aliphatic carbocycles. The number of rotatable bonds is 5. The van der Waals surface area contributed by atoms with E-state index in [0.717, 1.165) is 5.56 Å². The molecule has 0 amide bonds. The van der Waals surface area contributed by atoms with Gasteiger partial charge in [-0.05, 0) is 38.7 Å². The van der Waals surface area contributed by atoms with Crippen LogP contribution in [0, 0.1) is 22.0 Å². The van der Waals surface area contributed by atoms with Crippen LogP contribution in [-0.2, 0) is 16.0 Å². The molecule has 116 valence electrons. The van der Waals surface area contributed by atoms with Gasteiger partial charge in [-0.15, -0.1) is 0 Å². The minimum atomic E-state index is -0.514. The Balaban J connectivity index is 2.83. The second-order valence-electron chi connectivity index (χ2n) is 6.51. The van der Waals surface area contributed by atoms with Crippen LogP contribution >= 0.6 is 0 Å². The van der Waals surface area contributed by atoms with Crippen LogP contribution in [0.25, 0.3) is 0 Å². The third-order valence-corrected chi connectivity index (χ3v) is 3.12. The van der Waals surface area contributed by atoms with E-state index in [2.05, 4.69) is 0 Å². The molecular formula is C16H23NO4. The molecular weight excluding hydrogens is 270 g/mol. The molecule has 1 atom stereocenters. The number of ether oxygens (including phenoxy) is 1. The molecule has 0 aliphatic heterocycles. The molecule has 5 nitrogen and oxygen atoms in total. The first-order chi connectivity index (χ1) is 9.60. The highest BCUT2D eigenvalue weighted by Crippen LogP contribution is 2.23. The fraction of sp³-hybridized carbons (Fsp3) is 0.562. The second kappa shape index (κ2) is 6.70. The molecule has 0 saturated heterocycles. The number of non-ortho nitro benzene ring substituents is 1. The Labute approximate surface area is 125 Å². The summed E-state index contributed by atoms with van der Waals surface area (Å²) < 4.78 is 5.45. The normalized spacial score (nSPS) is 13.0. The molecule has 0 fully saturated rings. The molecule has 1 aromatic rings. The fourth-order valence-corrected chi connectivity index (χ4v) is 1.98. The number of hydrogen-bond acceptors (Lipinski definition) is 4. The number of carbonyl (C=O) groups is 1. The molecule has 1 rings (SSSR count). The average Bonchev–Trinajstić information content (AvgIpc) is 2.33. The highest BCUT2D eigenvalue weighted by atomic mass is 16.6. The summed E-state index contributed by atoms with van der Waals surface area (Å²) in [6.45, 7) is 9.47. The van der Waals surface area contributed by atoms with Crippen molar-refractivity contribution in [2.45, 2.75) is 46.6 Å². The Kier molecular flexibility index (Phi) is 5.47. The summed E-state index contributed by atoms with van der Waals surface area (Å²) in [7, 11) is 0. The van der Waals surface area contributed by atoms with Crippen LogP contribution in [0.3, 0.4) is 0 Å². The van der Waals surface area contributed by atoms with E-state index in [9.17, 15) is 14.9 Å². The van der Waals surface area contributed by atoms with Crippen molar-refractivity contribution >= 4 is 11.7 Å². The van der Waals surface area contributed by atoms with Gasteiger partial charge in [0.25, 0.3) is 5.69 Å². The third-order valence-electron chi connectivity index (χ3n) is 3.12. The van der Waals surface area contributed by atoms with Crippen molar-refractivity contribution in [1.82, 2.24) is 0 Å². The summed E-state index contributed by atoms with van der Waals surface area (Å²) in [5.41, 5.74) is 0.432. The lowest BCUT2D eigenvalue weighted by atomic mass is 9.89. The van der Waals surface area contributed by atoms with Gasteiger partial charge in [0.15, 0.2) is 0 Å². The van der Waals surface area contributed by atoms with Crippen LogP contribution in [0.5, 0.6) is 0 Å². The van der Waals surface area contributed by atoms with Gasteiger partial charge in [0.05, 0.1) is 10.8 Å². The molecule has 1 aromatic carbocycles. The molecule has 0 N–H and O–H groups in total. The van der Waals surface area contributed by atoms with Gasteiger partial charge in [0.2, 0.25) is 0 Å². The molecule has 0 heterocycles. The zero-order valence-corrected chi connectivity index (χ0v) is 13.3. The van der Waals surface area contributed by atoms with E-state index in [-0.39, 0.29) is 23.5 Å². The van der Waals surface area contributed by atoms with Crippen LogP contribution in [-0.4, -0.2) is 16.5 Å². The maximum Gasteiger partial charge on any atom is 0.310 e. The van der Waals surface area contributed by atoms with Gasteiger partial charge in [-0.1, -0.05) is 26.0 Å². The van der Waals surface area contributed by atoms with Gasteiger partial charge < -0.3 is 4.74 Å². The van der Waals surface area contributed by atoms with Crippen LogP contribution in [0.4, 0.5) is 5.69 Å². The van der Waals surface area contributed by atoms with E-state index < -0.39 is 10.5 Å². The number of esters is 1. The number of nitro groups is 1. The van der Waals surface area contributed by atoms with Crippen LogP contribution in [0.1, 0.15) is 40.2 Å². The Bertz CT molecular complexity index is 500. The van der Waals surface area contributed by atoms with Gasteiger partial charge in [0, 0.05) is 12.1 Å². The zero-order valence-electron chi connectivity index (χ0n) is 13.3. The third kappa shape index (κ3) is 5.53. The summed E-state index contributed by atoms with van der Waals surface area (Å²) in [4.78, 5) is 22.5. The molecule has 0 radical (unpaired) electrons. The SMILES string of the molecule is CC(C)[C@H](Cc1ccc([N+](=O)[O-])cc1)C(=O)OC(C)(C)C. The highest BCUT2D eigenvalue weighted by Gasteiger charge is 2.28. The topological polar surface area (TPSA) is 69.4 Å². The van der Waals surface area contributed by atoms with E-state index in [0.29, 0.717) is 6.42 Å². The Morgan fingerprint density at radius 2 is 1.76 bits per heavy atom. The van der Waals surface area contributed by atoms with E-state index >= 15 is 0 Å². The van der Waals surface area contributed by atoms with Gasteiger partial charge >= 0.3 is 5.97 Å². The number of nitro benzene ring substituents is 1. The van der Waals surface area contributed by atoms with Crippen molar-refractivity contribution in [3.8, 4) is 0 Å². The first-order valence-electron chi connectivity index (χ1n) is 7.06. The van der Waals surface area contributed by atoms with Gasteiger partial charge in [0.1, 0.15) is 5.60 Å². The number of nitrogens with zero attached hydrogens (tertiary/aromatic N) is 1. The summed E-state index contributed by atoms with van der Waals surface area (Å²) in [5, 5.41) is 10.6. The predicted octanol–water partition coefficient (Wildman–Crippen LogP) is 3.75. The van der Waals surface area contributed by atoms with Crippen molar-refractivity contribution in [3.63, 3.8) is 0 Å². The zero-order chi connectivity index (χ0) is 16.2. The number of carbonyl (C=O) groups excluding carboxylic acids is 1. The number of hydrogen-bond donors (Lipinski definition) is 0. The quantitative estimate of drug-likeness (QED) is 0.471. The van der Waals surface area contributed by atoms with Gasteiger partial charge in [-0.3, -0.25) is 14.9 Å². The molecule has 0 aliphatic rings. The van der Waals surface area contributed by atoms with E-state index in [1.54, 1.807) is 12.1 Å². The van der Waals surface area contributed by atoms with Crippen LogP contribution < -0.4 is 0 Å². The molecule has 21 heavy (non-hydrogen) atoms. The molecule has 0 unspecified atom stereocenters. The molecule has 0 spiro atoms. The maximum absolute atomic E-state index is 12.2. The van der Waals surface area contributed by atoms with E-state index in [1.165, 1.54) is 12.1 Å². The first kappa shape index (κ1) is 17.1. The van der Waals surface area contributed by atoms with Crippen molar-refractivity contribution in [2.75, 3.05) is 0 Å². The smallest absolute Gasteiger partial charge is 0.310 e. The minimum Gasteiger partial charge on any atom is -0.460 e. The molecule has 0 saturated carbocycles. The lowest BCUT2D eigenvalue weighted by molar-refractivity contribution is -0.384. The van der Waals surface area contributed by atoms with Crippen LogP contribution in [0.15, 0.2) is 24.3 Å². The monoisotopic (exact) mass is 293 g/mol. The van der Waals surface area contributed by atoms with Crippen molar-refractivity contribution in [3.05, 3.63) is 39.9 Å². The Morgan fingerprint density at radius 1 is 1.24 bits per heavy atom. The summed E-state index contributed by atoms with van der Waals surface area (Å²) in [6, 6.07) is 6.30. The average molecular weight is 293 g/mol. The predicted molar refractivity (Wildman–Crippen MR) is 81.0 cm³/mol. The van der Waals surface area contributed by atoms with Crippen molar-refractivity contribution in [1.29, 1.82) is 0 Å². The van der Waals surface area contributed by atoms with E-state index in [1.807, 2.05) is 34.6 Å². The first-order valence-corrected chi connectivity index (χ1v) is 7.06. The molecule has 0 bridgehead atoms. The largest absolute Gasteiger partial charge is 0.460 e. The minimum absolute atomic E-state index is 0.0529. The lowest BCUT2D eigenvalue weighted by Gasteiger charge is -2.26. The van der Waals surface area contributed by atoms with Gasteiger partial charge in [-0.25, -0.2) is 0 Å². The second-order valence-corrected chi connectivity index (χ2v) is 6.51. The number of benzene rings is 1. The highest BCUT2D eigenvalue weighted by molar-refractivity contribution is 5.73. The standard InChI is InChI=1S/C16H23NO4/c1-11(2)14(15(18)21-16(3,4)5)10-12-6-8-13(9-7-12)17(19)20/h6-9,11,14H,10H2,1-5H3/t14-/m0/s1. The summed E-state index contributed by atoms with van der Waals surface area (Å²) in [5.74, 6) is -0.350. The lowest BCUT2D eigenvalue weighted by Crippen LogP contribution is -2.32. The van der Waals surface area contributed by atoms with Crippen molar-refractivity contribution in [2.24, 2.45) is 11.8 Å². The van der Waals surface area contributed by atoms with Gasteiger partial charge in [-0.2, -0.15) is 0 Å². The summed E-state index contributed by atoms with van der Waals surface area (Å²) >= 11 is 0. The van der Waals surface area contributed by atoms with Crippen molar-refractivity contribution < 1.29 is 14.5 Å². The Hall–Kier alpha value is -1.91. The molecule has 5 heteroatoms. The Morgan fingerprint density at radius 3 is 2.14 bits per heavy atom. The van der Waals surface area contributed by atoms with Crippen LogP contribution in [0.2, 0.25) is 0 Å². The molecule has 0 aromatic heterocycles. The summed E-state index contributed by atoms with van der Waals surface area (Å²) in [6.07, 6.45) is 0.518. The maximum atomic E-state index is 12.2. The fourth-order valence-electron chi connectivity index (χ4n) is 1.98. The van der Waals surface area contributed by atoms with E-state index in [4.69, 9.17) is 4.74 Å².